The fourth-order valence-corrected chi connectivity index (χ4v) is 7.20. The summed E-state index contributed by atoms with van der Waals surface area (Å²) < 4.78 is 5.09. The van der Waals surface area contributed by atoms with Gasteiger partial charge in [0, 0.05) is 17.3 Å². The maximum Gasteiger partial charge on any atom is 0.350 e. The largest absolute Gasteiger partial charge is 0.465 e. The van der Waals surface area contributed by atoms with E-state index in [9.17, 15) is 14.4 Å². The molecule has 204 valence electrons. The van der Waals surface area contributed by atoms with Crippen LogP contribution in [0.3, 0.4) is 0 Å². The molecular weight excluding hydrogens is 502 g/mol. The molecule has 1 saturated carbocycles. The monoisotopic (exact) mass is 545 g/mol. The van der Waals surface area contributed by atoms with Gasteiger partial charge in [0.25, 0.3) is 0 Å². The maximum atomic E-state index is 14.0. The van der Waals surface area contributed by atoms with Crippen LogP contribution in [0.5, 0.6) is 0 Å². The van der Waals surface area contributed by atoms with Gasteiger partial charge in [0.05, 0.1) is 24.2 Å². The zero-order valence-corrected chi connectivity index (χ0v) is 25.0. The Bertz CT molecular complexity index is 1020. The Morgan fingerprint density at radius 3 is 2.41 bits per heavy atom. The number of carbonyl (C=O) groups excluding carboxylic acids is 3. The number of methoxy groups -OCH3 is 1. The molecule has 1 saturated heterocycles. The average Bonchev–Trinajstić information content (AvgIpc) is 3.27. The van der Waals surface area contributed by atoms with Crippen LogP contribution >= 0.6 is 23.1 Å². The number of thioether (sulfide) groups is 1. The second-order valence-electron chi connectivity index (χ2n) is 11.8. The molecule has 1 aliphatic heterocycles. The van der Waals surface area contributed by atoms with E-state index in [4.69, 9.17) is 4.74 Å². The summed E-state index contributed by atoms with van der Waals surface area (Å²) in [6.07, 6.45) is 6.51. The summed E-state index contributed by atoms with van der Waals surface area (Å²) in [6, 6.07) is 1.81. The lowest BCUT2D eigenvalue weighted by molar-refractivity contribution is -0.128. The van der Waals surface area contributed by atoms with Crippen LogP contribution in [0.4, 0.5) is 5.69 Å². The van der Waals surface area contributed by atoms with Gasteiger partial charge in [0.2, 0.25) is 5.91 Å². The zero-order chi connectivity index (χ0) is 27.2. The Balaban J connectivity index is 2.00. The first-order chi connectivity index (χ1) is 17.5. The number of ether oxygens (including phenoxy) is 1. The van der Waals surface area contributed by atoms with Crippen molar-refractivity contribution in [3.8, 4) is 11.8 Å². The molecule has 2 unspecified atom stereocenters. The van der Waals surface area contributed by atoms with Crippen LogP contribution in [0.2, 0.25) is 0 Å². The Morgan fingerprint density at radius 1 is 1.05 bits per heavy atom. The van der Waals surface area contributed by atoms with Gasteiger partial charge in [-0.2, -0.15) is 11.8 Å². The molecule has 3 rings (SSSR count). The van der Waals surface area contributed by atoms with E-state index in [1.54, 1.807) is 4.90 Å². The fraction of sp³-hybridized carbons (Fsp3) is 0.700. The SMILES string of the molecule is COC(=O)c1sc(C#CC(C)(C)C)cc1N(CC(=O)C1CCCSCCC1C)C(=O)C1CCC(C)CC1. The number of ketones is 1. The zero-order valence-electron chi connectivity index (χ0n) is 23.4. The average molecular weight is 546 g/mol. The van der Waals surface area contributed by atoms with Crippen molar-refractivity contribution in [1.82, 2.24) is 0 Å². The molecule has 1 aromatic heterocycles. The summed E-state index contributed by atoms with van der Waals surface area (Å²) in [6.45, 7) is 10.5. The summed E-state index contributed by atoms with van der Waals surface area (Å²) in [7, 11) is 1.35. The molecule has 2 heterocycles. The number of nitrogens with zero attached hydrogens (tertiary/aromatic N) is 1. The van der Waals surface area contributed by atoms with Gasteiger partial charge in [-0.25, -0.2) is 4.79 Å². The number of thiophene rings is 1. The quantitative estimate of drug-likeness (QED) is 0.290. The molecule has 2 atom stereocenters. The van der Waals surface area contributed by atoms with Gasteiger partial charge in [-0.1, -0.05) is 25.7 Å². The van der Waals surface area contributed by atoms with E-state index in [0.29, 0.717) is 21.4 Å². The molecule has 1 aromatic rings. The van der Waals surface area contributed by atoms with Gasteiger partial charge in [-0.15, -0.1) is 11.3 Å². The number of esters is 1. The van der Waals surface area contributed by atoms with Gasteiger partial charge < -0.3 is 9.64 Å². The highest BCUT2D eigenvalue weighted by Crippen LogP contribution is 2.36. The molecule has 2 aliphatic rings. The van der Waals surface area contributed by atoms with Crippen LogP contribution in [0.1, 0.15) is 94.1 Å². The van der Waals surface area contributed by atoms with Crippen LogP contribution in [0.15, 0.2) is 6.07 Å². The Morgan fingerprint density at radius 2 is 1.76 bits per heavy atom. The summed E-state index contributed by atoms with van der Waals surface area (Å²) in [5, 5.41) is 0. The van der Waals surface area contributed by atoms with Crippen LogP contribution in [-0.2, 0) is 14.3 Å². The lowest BCUT2D eigenvalue weighted by Crippen LogP contribution is -2.43. The molecule has 0 bridgehead atoms. The molecule has 1 aliphatic carbocycles. The number of rotatable bonds is 6. The highest BCUT2D eigenvalue weighted by molar-refractivity contribution is 7.99. The smallest absolute Gasteiger partial charge is 0.350 e. The number of amides is 1. The summed E-state index contributed by atoms with van der Waals surface area (Å²) in [5.74, 6) is 8.78. The third-order valence-corrected chi connectivity index (χ3v) is 9.62. The van der Waals surface area contributed by atoms with Gasteiger partial charge >= 0.3 is 5.97 Å². The number of carbonyl (C=O) groups is 3. The second kappa shape index (κ2) is 13.3. The van der Waals surface area contributed by atoms with Gasteiger partial charge in [-0.05, 0) is 95.1 Å². The first kappa shape index (κ1) is 29.8. The van der Waals surface area contributed by atoms with Crippen molar-refractivity contribution >= 4 is 46.4 Å². The Labute approximate surface area is 231 Å². The third-order valence-electron chi connectivity index (χ3n) is 7.50. The third kappa shape index (κ3) is 8.35. The number of Topliss-reactive ketones (excluding diaryl/α,β-unsaturated/α-hetero) is 1. The number of anilines is 1. The van der Waals surface area contributed by atoms with Crippen LogP contribution in [0.25, 0.3) is 0 Å². The van der Waals surface area contributed by atoms with E-state index in [2.05, 4.69) is 25.7 Å². The maximum absolute atomic E-state index is 14.0. The van der Waals surface area contributed by atoms with E-state index < -0.39 is 5.97 Å². The molecule has 5 nitrogen and oxygen atoms in total. The Kier molecular flexibility index (Phi) is 10.7. The van der Waals surface area contributed by atoms with Crippen LogP contribution < -0.4 is 4.90 Å². The van der Waals surface area contributed by atoms with Crippen molar-refractivity contribution in [2.75, 3.05) is 30.1 Å². The molecule has 1 amide bonds. The van der Waals surface area contributed by atoms with Crippen molar-refractivity contribution in [3.05, 3.63) is 15.8 Å². The lowest BCUT2D eigenvalue weighted by atomic mass is 9.81. The molecule has 2 fully saturated rings. The van der Waals surface area contributed by atoms with E-state index >= 15 is 0 Å². The summed E-state index contributed by atoms with van der Waals surface area (Å²) in [4.78, 5) is 43.3. The first-order valence-electron chi connectivity index (χ1n) is 13.7. The highest BCUT2D eigenvalue weighted by atomic mass is 32.2. The van der Waals surface area contributed by atoms with Crippen molar-refractivity contribution < 1.29 is 19.1 Å². The molecule has 37 heavy (non-hydrogen) atoms. The highest BCUT2D eigenvalue weighted by Gasteiger charge is 2.35. The standard InChI is InChI=1S/C30H43NO4S2/c1-20-9-11-22(12-10-20)28(33)31(19-26(32)24-8-7-16-36-17-14-21(24)2)25-18-23(13-15-30(3,4)5)37-27(25)29(34)35-6/h18,20-22,24H,7-12,14,16-17,19H2,1-6H3. The predicted molar refractivity (Wildman–Crippen MR) is 154 cm³/mol. The van der Waals surface area contributed by atoms with E-state index in [-0.39, 0.29) is 41.4 Å². The minimum atomic E-state index is -0.498. The minimum Gasteiger partial charge on any atom is -0.465 e. The van der Waals surface area contributed by atoms with Crippen LogP contribution in [-0.4, -0.2) is 42.8 Å². The summed E-state index contributed by atoms with van der Waals surface area (Å²) in [5.41, 5.74) is 0.271. The predicted octanol–water partition coefficient (Wildman–Crippen LogP) is 6.83. The molecule has 0 N–H and O–H groups in total. The number of hydrogen-bond donors (Lipinski definition) is 0. The number of hydrogen-bond acceptors (Lipinski definition) is 6. The topological polar surface area (TPSA) is 63.7 Å². The molecular formula is C30H43NO4S2. The van der Waals surface area contributed by atoms with Crippen molar-refractivity contribution in [1.29, 1.82) is 0 Å². The van der Waals surface area contributed by atoms with Gasteiger partial charge in [-0.3, -0.25) is 9.59 Å². The first-order valence-corrected chi connectivity index (χ1v) is 15.6. The molecule has 0 spiro atoms. The van der Waals surface area contributed by atoms with E-state index in [0.717, 1.165) is 56.5 Å². The minimum absolute atomic E-state index is 0.0000958. The van der Waals surface area contributed by atoms with E-state index in [1.165, 1.54) is 18.4 Å². The van der Waals surface area contributed by atoms with Crippen LogP contribution in [0, 0.1) is 40.9 Å². The fourth-order valence-electron chi connectivity index (χ4n) is 5.15. The molecule has 7 heteroatoms. The van der Waals surface area contributed by atoms with E-state index in [1.807, 2.05) is 38.6 Å². The Hall–Kier alpha value is -1.78. The van der Waals surface area contributed by atoms with Gasteiger partial charge in [0.15, 0.2) is 5.78 Å². The molecule has 0 aromatic carbocycles. The van der Waals surface area contributed by atoms with Gasteiger partial charge in [0.1, 0.15) is 4.88 Å². The van der Waals surface area contributed by atoms with Crippen molar-refractivity contribution in [3.63, 3.8) is 0 Å². The lowest BCUT2D eigenvalue weighted by Gasteiger charge is -2.32. The summed E-state index contributed by atoms with van der Waals surface area (Å²) >= 11 is 3.20. The molecule has 0 radical (unpaired) electrons. The normalized spacial score (nSPS) is 24.7. The second-order valence-corrected chi connectivity index (χ2v) is 14.1. The van der Waals surface area contributed by atoms with Crippen molar-refractivity contribution in [2.24, 2.45) is 29.1 Å². The van der Waals surface area contributed by atoms with Crippen molar-refractivity contribution in [2.45, 2.75) is 79.6 Å².